The number of rotatable bonds is 5. The molecule has 2 aromatic rings. The Bertz CT molecular complexity index is 626. The van der Waals surface area contributed by atoms with Crippen LogP contribution in [-0.2, 0) is 11.2 Å². The number of carboxylic acids is 1. The van der Waals surface area contributed by atoms with E-state index in [2.05, 4.69) is 5.16 Å². The maximum absolute atomic E-state index is 10.8. The highest BCUT2D eigenvalue weighted by Gasteiger charge is 2.42. The highest BCUT2D eigenvalue weighted by atomic mass is 16.5. The zero-order chi connectivity index (χ0) is 14.2. The topological polar surface area (TPSA) is 72.6 Å². The Kier molecular flexibility index (Phi) is 3.06. The van der Waals surface area contributed by atoms with Gasteiger partial charge < -0.3 is 14.4 Å². The molecule has 1 aliphatic carbocycles. The van der Waals surface area contributed by atoms with Crippen molar-refractivity contribution in [2.75, 3.05) is 7.11 Å². The molecule has 104 valence electrons. The third-order valence-corrected chi connectivity index (χ3v) is 3.73. The maximum Gasteiger partial charge on any atom is 0.358 e. The fourth-order valence-electron chi connectivity index (χ4n) is 2.26. The Morgan fingerprint density at radius 2 is 2.10 bits per heavy atom. The van der Waals surface area contributed by atoms with Crippen LogP contribution in [-0.4, -0.2) is 28.9 Å². The van der Waals surface area contributed by atoms with Crippen LogP contribution in [0.4, 0.5) is 0 Å². The molecule has 1 aromatic heterocycles. The van der Waals surface area contributed by atoms with Crippen LogP contribution in [0.3, 0.4) is 0 Å². The van der Waals surface area contributed by atoms with E-state index in [1.54, 1.807) is 7.11 Å². The third kappa shape index (κ3) is 2.44. The lowest BCUT2D eigenvalue weighted by Gasteiger charge is -2.12. The van der Waals surface area contributed by atoms with Gasteiger partial charge in [-0.1, -0.05) is 29.4 Å². The molecule has 0 bridgehead atoms. The molecule has 0 atom stereocenters. The first-order valence-electron chi connectivity index (χ1n) is 6.46. The van der Waals surface area contributed by atoms with Crippen LogP contribution in [0, 0.1) is 0 Å². The van der Waals surface area contributed by atoms with Gasteiger partial charge in [-0.3, -0.25) is 0 Å². The van der Waals surface area contributed by atoms with Crippen molar-refractivity contribution in [2.24, 2.45) is 0 Å². The number of carboxylic acid groups (broad SMARTS) is 1. The van der Waals surface area contributed by atoms with Gasteiger partial charge in [0.05, 0.1) is 5.60 Å². The van der Waals surface area contributed by atoms with Crippen LogP contribution in [0.2, 0.25) is 0 Å². The van der Waals surface area contributed by atoms with Gasteiger partial charge >= 0.3 is 5.97 Å². The van der Waals surface area contributed by atoms with E-state index < -0.39 is 5.97 Å². The van der Waals surface area contributed by atoms with E-state index in [9.17, 15) is 4.79 Å². The molecule has 0 aliphatic heterocycles. The van der Waals surface area contributed by atoms with Crippen molar-refractivity contribution in [1.82, 2.24) is 5.16 Å². The molecule has 0 spiro atoms. The van der Waals surface area contributed by atoms with E-state index in [-0.39, 0.29) is 11.3 Å². The summed E-state index contributed by atoms with van der Waals surface area (Å²) in [5.41, 5.74) is 1.96. The number of aromatic carboxylic acids is 1. The standard InChI is InChI=1S/C15H15NO4/c1-19-15(6-7-15)9-10-2-4-11(5-3-10)13-8-12(14(17)18)16-20-13/h2-5,8H,6-7,9H2,1H3,(H,17,18). The molecule has 0 amide bonds. The molecule has 1 heterocycles. The van der Waals surface area contributed by atoms with Crippen molar-refractivity contribution in [3.63, 3.8) is 0 Å². The summed E-state index contributed by atoms with van der Waals surface area (Å²) < 4.78 is 10.5. The van der Waals surface area contributed by atoms with E-state index in [1.807, 2.05) is 24.3 Å². The lowest BCUT2D eigenvalue weighted by molar-refractivity contribution is 0.0685. The average Bonchev–Trinajstić information content (AvgIpc) is 3.04. The van der Waals surface area contributed by atoms with Gasteiger partial charge in [0.15, 0.2) is 11.5 Å². The Labute approximate surface area is 116 Å². The van der Waals surface area contributed by atoms with Crippen LogP contribution in [0.15, 0.2) is 34.9 Å². The quantitative estimate of drug-likeness (QED) is 0.906. The van der Waals surface area contributed by atoms with Gasteiger partial charge in [-0.2, -0.15) is 0 Å². The molecule has 1 N–H and O–H groups in total. The largest absolute Gasteiger partial charge is 0.476 e. The van der Waals surface area contributed by atoms with Crippen molar-refractivity contribution in [3.8, 4) is 11.3 Å². The second kappa shape index (κ2) is 4.76. The summed E-state index contributed by atoms with van der Waals surface area (Å²) in [7, 11) is 1.75. The zero-order valence-corrected chi connectivity index (χ0v) is 11.1. The Morgan fingerprint density at radius 3 is 2.60 bits per heavy atom. The first-order valence-corrected chi connectivity index (χ1v) is 6.46. The molecule has 5 heteroatoms. The summed E-state index contributed by atoms with van der Waals surface area (Å²) in [6, 6.07) is 9.27. The van der Waals surface area contributed by atoms with E-state index in [0.29, 0.717) is 5.76 Å². The summed E-state index contributed by atoms with van der Waals surface area (Å²) in [6.07, 6.45) is 3.12. The molecule has 1 fully saturated rings. The summed E-state index contributed by atoms with van der Waals surface area (Å²) in [5, 5.41) is 12.3. The van der Waals surface area contributed by atoms with Crippen molar-refractivity contribution in [2.45, 2.75) is 24.9 Å². The Hall–Kier alpha value is -2.14. The third-order valence-electron chi connectivity index (χ3n) is 3.73. The molecule has 5 nitrogen and oxygen atoms in total. The first-order chi connectivity index (χ1) is 9.62. The van der Waals surface area contributed by atoms with Gasteiger partial charge in [0.1, 0.15) is 0 Å². The molecule has 0 unspecified atom stereocenters. The van der Waals surface area contributed by atoms with Crippen molar-refractivity contribution in [3.05, 3.63) is 41.6 Å². The molecule has 1 saturated carbocycles. The minimum atomic E-state index is -1.09. The number of nitrogens with zero attached hydrogens (tertiary/aromatic N) is 1. The number of ether oxygens (including phenoxy) is 1. The number of carbonyl (C=O) groups is 1. The molecule has 0 radical (unpaired) electrons. The Balaban J connectivity index is 1.76. The van der Waals surface area contributed by atoms with Gasteiger partial charge in [-0.05, 0) is 18.4 Å². The van der Waals surface area contributed by atoms with E-state index >= 15 is 0 Å². The van der Waals surface area contributed by atoms with E-state index in [0.717, 1.165) is 24.8 Å². The summed E-state index contributed by atoms with van der Waals surface area (Å²) >= 11 is 0. The number of methoxy groups -OCH3 is 1. The fourth-order valence-corrected chi connectivity index (χ4v) is 2.26. The van der Waals surface area contributed by atoms with Gasteiger partial charge in [0.25, 0.3) is 0 Å². The fraction of sp³-hybridized carbons (Fsp3) is 0.333. The number of hydrogen-bond acceptors (Lipinski definition) is 4. The minimum Gasteiger partial charge on any atom is -0.476 e. The van der Waals surface area contributed by atoms with Gasteiger partial charge in [0, 0.05) is 25.2 Å². The summed E-state index contributed by atoms with van der Waals surface area (Å²) in [4.78, 5) is 10.8. The predicted octanol–water partition coefficient (Wildman–Crippen LogP) is 2.76. The van der Waals surface area contributed by atoms with Crippen LogP contribution >= 0.6 is 0 Å². The molecule has 3 rings (SSSR count). The smallest absolute Gasteiger partial charge is 0.358 e. The number of hydrogen-bond donors (Lipinski definition) is 1. The monoisotopic (exact) mass is 273 g/mol. The second-order valence-electron chi connectivity index (χ2n) is 5.14. The van der Waals surface area contributed by atoms with E-state index in [1.165, 1.54) is 11.6 Å². The van der Waals surface area contributed by atoms with Crippen LogP contribution < -0.4 is 0 Å². The molecule has 1 aliphatic rings. The van der Waals surface area contributed by atoms with Crippen molar-refractivity contribution >= 4 is 5.97 Å². The lowest BCUT2D eigenvalue weighted by Crippen LogP contribution is -2.14. The van der Waals surface area contributed by atoms with Crippen LogP contribution in [0.1, 0.15) is 28.9 Å². The van der Waals surface area contributed by atoms with Gasteiger partial charge in [-0.15, -0.1) is 0 Å². The van der Waals surface area contributed by atoms with Crippen molar-refractivity contribution in [1.29, 1.82) is 0 Å². The highest BCUT2D eigenvalue weighted by Crippen LogP contribution is 2.41. The van der Waals surface area contributed by atoms with Crippen LogP contribution in [0.5, 0.6) is 0 Å². The summed E-state index contributed by atoms with van der Waals surface area (Å²) in [6.45, 7) is 0. The average molecular weight is 273 g/mol. The highest BCUT2D eigenvalue weighted by molar-refractivity contribution is 5.86. The molecule has 1 aromatic carbocycles. The molecular formula is C15H15NO4. The maximum atomic E-state index is 10.8. The van der Waals surface area contributed by atoms with E-state index in [4.69, 9.17) is 14.4 Å². The predicted molar refractivity (Wildman–Crippen MR) is 71.6 cm³/mol. The van der Waals surface area contributed by atoms with Crippen LogP contribution in [0.25, 0.3) is 11.3 Å². The minimum absolute atomic E-state index is 0.0320. The van der Waals surface area contributed by atoms with Gasteiger partial charge in [-0.25, -0.2) is 4.79 Å². The lowest BCUT2D eigenvalue weighted by atomic mass is 10.0. The number of aromatic nitrogens is 1. The van der Waals surface area contributed by atoms with Gasteiger partial charge in [0.2, 0.25) is 0 Å². The Morgan fingerprint density at radius 1 is 1.40 bits per heavy atom. The summed E-state index contributed by atoms with van der Waals surface area (Å²) in [5.74, 6) is -0.630. The SMILES string of the molecule is COC1(Cc2ccc(-c3cc(C(=O)O)no3)cc2)CC1. The van der Waals surface area contributed by atoms with Crippen molar-refractivity contribution < 1.29 is 19.2 Å². The second-order valence-corrected chi connectivity index (χ2v) is 5.14. The molecular weight excluding hydrogens is 258 g/mol. The first kappa shape index (κ1) is 12.9. The number of benzene rings is 1. The zero-order valence-electron chi connectivity index (χ0n) is 11.1. The molecule has 20 heavy (non-hydrogen) atoms. The normalized spacial score (nSPS) is 16.1. The molecule has 0 saturated heterocycles.